The topological polar surface area (TPSA) is 38.0 Å². The van der Waals surface area contributed by atoms with Crippen LogP contribution >= 0.6 is 0 Å². The van der Waals surface area contributed by atoms with Crippen molar-refractivity contribution in [3.63, 3.8) is 0 Å². The fraction of sp³-hybridized carbons (Fsp3) is 0.250. The van der Waals surface area contributed by atoms with E-state index in [1.807, 2.05) is 44.2 Å². The van der Waals surface area contributed by atoms with E-state index < -0.39 is 0 Å². The Morgan fingerprint density at radius 2 is 1.79 bits per heavy atom. The molecular formula is C16H19FN2. The fourth-order valence-electron chi connectivity index (χ4n) is 2.28. The minimum absolute atomic E-state index is 0.200. The summed E-state index contributed by atoms with van der Waals surface area (Å²) in [6.07, 6.45) is 0.895. The normalized spacial score (nSPS) is 16.1. The van der Waals surface area contributed by atoms with Gasteiger partial charge in [0.25, 0.3) is 0 Å². The molecule has 0 amide bonds. The molecule has 0 aromatic heterocycles. The van der Waals surface area contributed by atoms with Gasteiger partial charge in [-0.05, 0) is 47.9 Å². The van der Waals surface area contributed by atoms with Crippen LogP contribution in [0.5, 0.6) is 0 Å². The number of hydrogen-bond acceptors (Lipinski definition) is 2. The number of rotatable bonds is 1. The monoisotopic (exact) mass is 258 g/mol. The van der Waals surface area contributed by atoms with E-state index in [1.54, 1.807) is 0 Å². The Morgan fingerprint density at radius 3 is 2.47 bits per heavy atom. The molecule has 2 nitrogen and oxygen atoms in total. The van der Waals surface area contributed by atoms with Crippen LogP contribution in [0.3, 0.4) is 0 Å². The second kappa shape index (κ2) is 5.74. The van der Waals surface area contributed by atoms with Gasteiger partial charge in [0.15, 0.2) is 0 Å². The highest BCUT2D eigenvalue weighted by atomic mass is 19.1. The van der Waals surface area contributed by atoms with E-state index in [1.165, 1.54) is 17.7 Å². The van der Waals surface area contributed by atoms with Crippen LogP contribution in [0.1, 0.15) is 31.0 Å². The third-order valence-corrected chi connectivity index (χ3v) is 3.16. The van der Waals surface area contributed by atoms with Crippen LogP contribution in [0.4, 0.5) is 15.8 Å². The highest BCUT2D eigenvalue weighted by molar-refractivity contribution is 5.63. The van der Waals surface area contributed by atoms with E-state index >= 15 is 0 Å². The van der Waals surface area contributed by atoms with Gasteiger partial charge in [-0.25, -0.2) is 4.39 Å². The molecule has 1 aliphatic heterocycles. The van der Waals surface area contributed by atoms with Crippen LogP contribution in [0, 0.1) is 5.82 Å². The van der Waals surface area contributed by atoms with Gasteiger partial charge in [0.05, 0.1) is 6.04 Å². The molecule has 1 heterocycles. The summed E-state index contributed by atoms with van der Waals surface area (Å²) in [5.74, 6) is -0.200. The molecule has 3 N–H and O–H groups in total. The first-order chi connectivity index (χ1) is 9.22. The van der Waals surface area contributed by atoms with Gasteiger partial charge in [-0.2, -0.15) is 0 Å². The summed E-state index contributed by atoms with van der Waals surface area (Å²) in [4.78, 5) is 0. The second-order valence-corrected chi connectivity index (χ2v) is 4.37. The van der Waals surface area contributed by atoms with Crippen molar-refractivity contribution < 1.29 is 4.39 Å². The minimum atomic E-state index is -0.200. The average Bonchev–Trinajstić information content (AvgIpc) is 2.84. The fourth-order valence-corrected chi connectivity index (χ4v) is 2.28. The van der Waals surface area contributed by atoms with Crippen LogP contribution in [0.15, 0.2) is 42.5 Å². The molecule has 19 heavy (non-hydrogen) atoms. The van der Waals surface area contributed by atoms with Crippen molar-refractivity contribution in [3.8, 4) is 0 Å². The lowest BCUT2D eigenvalue weighted by atomic mass is 10.0. The van der Waals surface area contributed by atoms with E-state index in [4.69, 9.17) is 5.73 Å². The van der Waals surface area contributed by atoms with E-state index in [9.17, 15) is 4.39 Å². The largest absolute Gasteiger partial charge is 0.399 e. The van der Waals surface area contributed by atoms with Gasteiger partial charge in [-0.1, -0.05) is 26.0 Å². The first-order valence-corrected chi connectivity index (χ1v) is 6.63. The summed E-state index contributed by atoms with van der Waals surface area (Å²) in [5.41, 5.74) is 9.98. The highest BCUT2D eigenvalue weighted by Crippen LogP contribution is 2.35. The van der Waals surface area contributed by atoms with Crippen LogP contribution in [-0.2, 0) is 6.42 Å². The van der Waals surface area contributed by atoms with Crippen molar-refractivity contribution in [1.82, 2.24) is 0 Å². The number of hydrogen-bond donors (Lipinski definition) is 2. The Kier molecular flexibility index (Phi) is 4.05. The number of nitrogens with two attached hydrogens (primary N) is 1. The number of anilines is 2. The van der Waals surface area contributed by atoms with Gasteiger partial charge in [0.1, 0.15) is 5.82 Å². The summed E-state index contributed by atoms with van der Waals surface area (Å²) in [5, 5.41) is 3.42. The predicted molar refractivity (Wildman–Crippen MR) is 78.7 cm³/mol. The second-order valence-electron chi connectivity index (χ2n) is 4.37. The molecule has 0 aliphatic carbocycles. The standard InChI is InChI=1S/C14H13FN2.C2H6/c15-11-3-1-9(2-4-11)14-8-10-7-12(16)5-6-13(10)17-14;1-2/h1-7,14,17H,8,16H2;1-2H3. The molecule has 2 aromatic carbocycles. The quantitative estimate of drug-likeness (QED) is 0.754. The van der Waals surface area contributed by atoms with Gasteiger partial charge in [-0.3, -0.25) is 0 Å². The van der Waals surface area contributed by atoms with Gasteiger partial charge in [0, 0.05) is 11.4 Å². The lowest BCUT2D eigenvalue weighted by molar-refractivity contribution is 0.626. The third kappa shape index (κ3) is 2.87. The van der Waals surface area contributed by atoms with Gasteiger partial charge in [0.2, 0.25) is 0 Å². The maximum atomic E-state index is 12.9. The molecule has 1 unspecified atom stereocenters. The Bertz CT molecular complexity index is 549. The SMILES string of the molecule is CC.Nc1ccc2c(c1)CC(c1ccc(F)cc1)N2. The Balaban J connectivity index is 0.000000637. The van der Waals surface area contributed by atoms with Crippen LogP contribution in [-0.4, -0.2) is 0 Å². The predicted octanol–water partition coefficient (Wildman–Crippen LogP) is 4.14. The summed E-state index contributed by atoms with van der Waals surface area (Å²) >= 11 is 0. The zero-order chi connectivity index (χ0) is 13.8. The van der Waals surface area contributed by atoms with Crippen LogP contribution < -0.4 is 11.1 Å². The first kappa shape index (κ1) is 13.4. The smallest absolute Gasteiger partial charge is 0.123 e. The molecule has 3 heteroatoms. The molecule has 0 saturated heterocycles. The zero-order valence-electron chi connectivity index (χ0n) is 11.3. The summed E-state index contributed by atoms with van der Waals surface area (Å²) in [6.45, 7) is 4.00. The van der Waals surface area contributed by atoms with Crippen molar-refractivity contribution in [1.29, 1.82) is 0 Å². The van der Waals surface area contributed by atoms with E-state index in [0.717, 1.165) is 23.4 Å². The maximum Gasteiger partial charge on any atom is 0.123 e. The number of nitrogen functional groups attached to an aromatic ring is 1. The van der Waals surface area contributed by atoms with Crippen molar-refractivity contribution in [2.24, 2.45) is 0 Å². The third-order valence-electron chi connectivity index (χ3n) is 3.16. The minimum Gasteiger partial charge on any atom is -0.399 e. The van der Waals surface area contributed by atoms with E-state index in [-0.39, 0.29) is 11.9 Å². The Hall–Kier alpha value is -2.03. The van der Waals surface area contributed by atoms with Gasteiger partial charge in [-0.15, -0.1) is 0 Å². The number of fused-ring (bicyclic) bond motifs is 1. The molecule has 3 rings (SSSR count). The summed E-state index contributed by atoms with van der Waals surface area (Å²) in [7, 11) is 0. The maximum absolute atomic E-state index is 12.9. The molecule has 0 fully saturated rings. The van der Waals surface area contributed by atoms with Crippen molar-refractivity contribution >= 4 is 11.4 Å². The molecule has 1 atom stereocenters. The zero-order valence-corrected chi connectivity index (χ0v) is 11.3. The average molecular weight is 258 g/mol. The summed E-state index contributed by atoms with van der Waals surface area (Å²) in [6, 6.07) is 12.7. The van der Waals surface area contributed by atoms with Crippen molar-refractivity contribution in [2.75, 3.05) is 11.1 Å². The molecule has 100 valence electrons. The lowest BCUT2D eigenvalue weighted by Crippen LogP contribution is -2.05. The van der Waals surface area contributed by atoms with Crippen LogP contribution in [0.25, 0.3) is 0 Å². The molecule has 0 radical (unpaired) electrons. The lowest BCUT2D eigenvalue weighted by Gasteiger charge is -2.11. The molecule has 0 saturated carbocycles. The van der Waals surface area contributed by atoms with E-state index in [2.05, 4.69) is 5.32 Å². The Morgan fingerprint density at radius 1 is 1.11 bits per heavy atom. The van der Waals surface area contributed by atoms with Gasteiger partial charge >= 0.3 is 0 Å². The number of nitrogens with one attached hydrogen (secondary N) is 1. The van der Waals surface area contributed by atoms with Crippen molar-refractivity contribution in [3.05, 3.63) is 59.4 Å². The molecular weight excluding hydrogens is 239 g/mol. The highest BCUT2D eigenvalue weighted by Gasteiger charge is 2.21. The molecule has 0 bridgehead atoms. The van der Waals surface area contributed by atoms with Crippen molar-refractivity contribution in [2.45, 2.75) is 26.3 Å². The Labute approximate surface area is 113 Å². The van der Waals surface area contributed by atoms with Gasteiger partial charge < -0.3 is 11.1 Å². The van der Waals surface area contributed by atoms with Crippen LogP contribution in [0.2, 0.25) is 0 Å². The van der Waals surface area contributed by atoms with E-state index in [0.29, 0.717) is 0 Å². The molecule has 1 aliphatic rings. The number of halogens is 1. The molecule has 2 aromatic rings. The number of benzene rings is 2. The molecule has 0 spiro atoms. The summed E-state index contributed by atoms with van der Waals surface area (Å²) < 4.78 is 12.9. The first-order valence-electron chi connectivity index (χ1n) is 6.63.